The van der Waals surface area contributed by atoms with E-state index >= 15 is 0 Å². The van der Waals surface area contributed by atoms with E-state index < -0.39 is 26.6 Å². The van der Waals surface area contributed by atoms with Gasteiger partial charge in [-0.05, 0) is 102 Å². The number of esters is 1. The molecular weight excluding hydrogens is 1060 g/mol. The molecular formula is C74H137N2O7P. The predicted octanol–water partition coefficient (Wildman–Crippen LogP) is 22.1. The van der Waals surface area contributed by atoms with E-state index in [4.69, 9.17) is 13.8 Å². The fourth-order valence-corrected chi connectivity index (χ4v) is 11.0. The highest BCUT2D eigenvalue weighted by atomic mass is 31.2. The number of unbranched alkanes of at least 4 members (excludes halogenated alkanes) is 39. The van der Waals surface area contributed by atoms with Crippen molar-refractivity contribution in [2.75, 3.05) is 40.9 Å². The molecule has 0 saturated carbocycles. The Morgan fingerprint density at radius 3 is 1.12 bits per heavy atom. The van der Waals surface area contributed by atoms with Gasteiger partial charge < -0.3 is 28.5 Å². The summed E-state index contributed by atoms with van der Waals surface area (Å²) in [6, 6.07) is -0.897. The zero-order chi connectivity index (χ0) is 61.4. The summed E-state index contributed by atoms with van der Waals surface area (Å²) in [6.45, 7) is 6.84. The van der Waals surface area contributed by atoms with Crippen molar-refractivity contribution in [3.05, 3.63) is 72.9 Å². The first-order chi connectivity index (χ1) is 40.9. The minimum absolute atomic E-state index is 0.0259. The number of allylic oxidation sites excluding steroid dienone is 11. The van der Waals surface area contributed by atoms with E-state index in [0.717, 1.165) is 89.9 Å². The van der Waals surface area contributed by atoms with Gasteiger partial charge in [-0.3, -0.25) is 14.2 Å². The summed E-state index contributed by atoms with van der Waals surface area (Å²) in [6.07, 6.45) is 83.1. The summed E-state index contributed by atoms with van der Waals surface area (Å²) in [5, 5.41) is 3.04. The molecule has 3 unspecified atom stereocenters. The van der Waals surface area contributed by atoms with E-state index in [1.165, 1.54) is 212 Å². The minimum atomic E-state index is -4.71. The molecule has 0 saturated heterocycles. The number of rotatable bonds is 65. The molecule has 0 rings (SSSR count). The Hall–Kier alpha value is -2.55. The zero-order valence-electron chi connectivity index (χ0n) is 56.1. The van der Waals surface area contributed by atoms with Crippen LogP contribution in [0.5, 0.6) is 0 Å². The van der Waals surface area contributed by atoms with Gasteiger partial charge >= 0.3 is 5.97 Å². The molecule has 0 fully saturated rings. The number of phosphoric acid groups is 1. The highest BCUT2D eigenvalue weighted by molar-refractivity contribution is 7.45. The van der Waals surface area contributed by atoms with Crippen LogP contribution in [0.3, 0.4) is 0 Å². The summed E-state index contributed by atoms with van der Waals surface area (Å²) in [7, 11) is 1.18. The van der Waals surface area contributed by atoms with E-state index in [0.29, 0.717) is 17.4 Å². The number of amides is 1. The molecule has 0 aliphatic carbocycles. The zero-order valence-corrected chi connectivity index (χ0v) is 57.0. The van der Waals surface area contributed by atoms with Crippen LogP contribution >= 0.6 is 7.82 Å². The van der Waals surface area contributed by atoms with E-state index in [1.807, 2.05) is 33.3 Å². The van der Waals surface area contributed by atoms with Crippen molar-refractivity contribution >= 4 is 19.7 Å². The minimum Gasteiger partial charge on any atom is -0.756 e. The van der Waals surface area contributed by atoms with Gasteiger partial charge in [0.15, 0.2) is 0 Å². The van der Waals surface area contributed by atoms with Crippen molar-refractivity contribution in [2.45, 2.75) is 348 Å². The first kappa shape index (κ1) is 81.5. The van der Waals surface area contributed by atoms with Gasteiger partial charge in [0.25, 0.3) is 7.82 Å². The lowest BCUT2D eigenvalue weighted by molar-refractivity contribution is -0.870. The largest absolute Gasteiger partial charge is 0.756 e. The smallest absolute Gasteiger partial charge is 0.306 e. The highest BCUT2D eigenvalue weighted by Gasteiger charge is 2.27. The molecule has 0 heterocycles. The molecule has 0 aromatic rings. The van der Waals surface area contributed by atoms with Gasteiger partial charge in [0.05, 0.1) is 33.8 Å². The summed E-state index contributed by atoms with van der Waals surface area (Å²) in [5.41, 5.74) is 0. The molecule has 0 aromatic heterocycles. The number of likely N-dealkylation sites (N-methyl/N-ethyl adjacent to an activating group) is 1. The fourth-order valence-electron chi connectivity index (χ4n) is 10.3. The Morgan fingerprint density at radius 1 is 0.417 bits per heavy atom. The Labute approximate surface area is 521 Å². The van der Waals surface area contributed by atoms with E-state index in [-0.39, 0.29) is 24.9 Å². The first-order valence-electron chi connectivity index (χ1n) is 35.7. The van der Waals surface area contributed by atoms with E-state index in [1.54, 1.807) is 0 Å². The molecule has 10 heteroatoms. The van der Waals surface area contributed by atoms with Crippen LogP contribution in [0.15, 0.2) is 72.9 Å². The Bertz CT molecular complexity index is 1670. The van der Waals surface area contributed by atoms with Gasteiger partial charge in [-0.1, -0.05) is 293 Å². The number of carbonyl (C=O) groups is 2. The van der Waals surface area contributed by atoms with E-state index in [2.05, 4.69) is 86.8 Å². The third-order valence-corrected chi connectivity index (χ3v) is 16.8. The van der Waals surface area contributed by atoms with Gasteiger partial charge in [0.1, 0.15) is 19.3 Å². The molecule has 0 spiro atoms. The van der Waals surface area contributed by atoms with Crippen LogP contribution in [0.4, 0.5) is 0 Å². The maximum absolute atomic E-state index is 13.6. The molecule has 0 bridgehead atoms. The maximum atomic E-state index is 13.6. The molecule has 1 amide bonds. The second-order valence-electron chi connectivity index (χ2n) is 25.4. The molecule has 0 aromatic carbocycles. The second-order valence-corrected chi connectivity index (χ2v) is 26.8. The van der Waals surface area contributed by atoms with Crippen molar-refractivity contribution in [3.8, 4) is 0 Å². The summed E-state index contributed by atoms with van der Waals surface area (Å²) < 4.78 is 30.4. The Balaban J connectivity index is 5.10. The van der Waals surface area contributed by atoms with Crippen molar-refractivity contribution < 1.29 is 37.3 Å². The van der Waals surface area contributed by atoms with Crippen LogP contribution in [0.25, 0.3) is 0 Å². The van der Waals surface area contributed by atoms with Crippen molar-refractivity contribution in [1.29, 1.82) is 0 Å². The van der Waals surface area contributed by atoms with Gasteiger partial charge in [0.2, 0.25) is 5.91 Å². The summed E-state index contributed by atoms with van der Waals surface area (Å²) >= 11 is 0. The number of ether oxygens (including phenoxy) is 1. The number of nitrogens with zero attached hydrogens (tertiary/aromatic N) is 1. The van der Waals surface area contributed by atoms with Crippen LogP contribution in [0.1, 0.15) is 335 Å². The average Bonchev–Trinajstić information content (AvgIpc) is 3.64. The summed E-state index contributed by atoms with van der Waals surface area (Å²) in [5.74, 6) is -0.544. The number of hydrogen-bond acceptors (Lipinski definition) is 7. The molecule has 0 aliphatic rings. The SMILES string of the molecule is CCCCC/C=C\C/C=C\C/C=C\C/C=C\CCCCCCCCCC(=O)NC(COP(=O)([O-])OCC[N+](C)(C)C)C(/C=C/CCCCCCCCCCCC)OC(=O)CCCCCCCCCCCCCCC/C=C/CCCCCCCC. The highest BCUT2D eigenvalue weighted by Crippen LogP contribution is 2.38. The molecule has 490 valence electrons. The van der Waals surface area contributed by atoms with Crippen LogP contribution in [-0.4, -0.2) is 69.4 Å². The van der Waals surface area contributed by atoms with Crippen molar-refractivity contribution in [3.63, 3.8) is 0 Å². The Kier molecular flexibility index (Phi) is 61.5. The van der Waals surface area contributed by atoms with Crippen molar-refractivity contribution in [2.24, 2.45) is 0 Å². The molecule has 84 heavy (non-hydrogen) atoms. The van der Waals surface area contributed by atoms with Crippen LogP contribution in [0, 0.1) is 0 Å². The van der Waals surface area contributed by atoms with Crippen LogP contribution in [0.2, 0.25) is 0 Å². The standard InChI is InChI=1S/C74H137N2O7P/c1-7-10-13-16-19-22-25-28-30-32-34-36-38-40-42-44-46-48-51-54-57-60-63-66-73(77)75-71(70-82-84(79,80)81-69-68-76(4,5)6)72(65-62-59-56-53-50-27-24-21-18-15-12-9-3)83-74(78)67-64-61-58-55-52-49-47-45-43-41-39-37-35-33-31-29-26-23-20-17-14-11-8-2/h19,22,28-31,34,36,40,42,62,65,71-72H,7-18,20-21,23-27,32-33,35,37-39,41,43-61,63-64,66-70H2,1-6H3,(H-,75,77,79,80)/b22-19-,30-28-,31-29+,36-34-,42-40-,65-62+. The molecule has 9 nitrogen and oxygen atoms in total. The van der Waals surface area contributed by atoms with E-state index in [9.17, 15) is 19.0 Å². The number of nitrogens with one attached hydrogen (secondary N) is 1. The second kappa shape index (κ2) is 63.5. The van der Waals surface area contributed by atoms with Crippen LogP contribution < -0.4 is 10.2 Å². The molecule has 0 radical (unpaired) electrons. The van der Waals surface area contributed by atoms with Gasteiger partial charge in [-0.15, -0.1) is 0 Å². The summed E-state index contributed by atoms with van der Waals surface area (Å²) in [4.78, 5) is 40.2. The quantitative estimate of drug-likeness (QED) is 0.0212. The molecule has 1 N–H and O–H groups in total. The third kappa shape index (κ3) is 63.9. The number of phosphoric ester groups is 1. The van der Waals surface area contributed by atoms with Gasteiger partial charge in [-0.25, -0.2) is 0 Å². The number of quaternary nitrogens is 1. The third-order valence-electron chi connectivity index (χ3n) is 15.9. The first-order valence-corrected chi connectivity index (χ1v) is 37.2. The number of hydrogen-bond donors (Lipinski definition) is 1. The fraction of sp³-hybridized carbons (Fsp3) is 0.811. The topological polar surface area (TPSA) is 114 Å². The maximum Gasteiger partial charge on any atom is 0.306 e. The van der Waals surface area contributed by atoms with Crippen LogP contribution in [-0.2, 0) is 27.9 Å². The molecule has 3 atom stereocenters. The average molecular weight is 1200 g/mol. The number of carbonyl (C=O) groups excluding carboxylic acids is 2. The normalized spacial score (nSPS) is 13.9. The lowest BCUT2D eigenvalue weighted by Crippen LogP contribution is -2.47. The molecule has 0 aliphatic heterocycles. The monoisotopic (exact) mass is 1200 g/mol. The Morgan fingerprint density at radius 2 is 0.726 bits per heavy atom. The lowest BCUT2D eigenvalue weighted by Gasteiger charge is -2.30. The lowest BCUT2D eigenvalue weighted by atomic mass is 10.0. The predicted molar refractivity (Wildman–Crippen MR) is 362 cm³/mol. The van der Waals surface area contributed by atoms with Gasteiger partial charge in [-0.2, -0.15) is 0 Å². The van der Waals surface area contributed by atoms with Crippen molar-refractivity contribution in [1.82, 2.24) is 5.32 Å². The van der Waals surface area contributed by atoms with Gasteiger partial charge in [0, 0.05) is 12.8 Å².